The molecule has 0 radical (unpaired) electrons. The third-order valence-corrected chi connectivity index (χ3v) is 3.83. The van der Waals surface area contributed by atoms with Gasteiger partial charge in [-0.1, -0.05) is 0 Å². The fourth-order valence-electron chi connectivity index (χ4n) is 2.65. The number of anilines is 3. The second-order valence-corrected chi connectivity index (χ2v) is 5.41. The van der Waals surface area contributed by atoms with Crippen LogP contribution in [0.4, 0.5) is 21.7 Å². The maximum absolute atomic E-state index is 14.2. The molecule has 0 aliphatic carbocycles. The fourth-order valence-corrected chi connectivity index (χ4v) is 2.65. The summed E-state index contributed by atoms with van der Waals surface area (Å²) in [6.45, 7) is 6.44. The van der Waals surface area contributed by atoms with E-state index in [2.05, 4.69) is 19.9 Å². The molecule has 0 amide bonds. The van der Waals surface area contributed by atoms with Crippen molar-refractivity contribution in [2.24, 2.45) is 0 Å². The van der Waals surface area contributed by atoms with E-state index in [0.717, 1.165) is 18.8 Å². The van der Waals surface area contributed by atoms with E-state index in [-0.39, 0.29) is 5.82 Å². The van der Waals surface area contributed by atoms with Crippen LogP contribution in [0.1, 0.15) is 11.5 Å². The predicted molar refractivity (Wildman–Crippen MR) is 84.5 cm³/mol. The number of aryl methyl sites for hydroxylation is 2. The Hall–Kier alpha value is -2.44. The summed E-state index contributed by atoms with van der Waals surface area (Å²) in [5, 5.41) is 0. The molecule has 1 aliphatic rings. The van der Waals surface area contributed by atoms with E-state index < -0.39 is 0 Å². The van der Waals surface area contributed by atoms with Gasteiger partial charge in [0.2, 0.25) is 0 Å². The number of nitrogen functional groups attached to an aromatic ring is 1. The molecule has 2 N–H and O–H groups in total. The van der Waals surface area contributed by atoms with Gasteiger partial charge in [0.05, 0.1) is 17.6 Å². The number of hydrogen-bond acceptors (Lipinski definition) is 6. The van der Waals surface area contributed by atoms with Gasteiger partial charge in [-0.05, 0) is 26.0 Å². The van der Waals surface area contributed by atoms with Crippen molar-refractivity contribution in [3.05, 3.63) is 35.7 Å². The Kier molecular flexibility index (Phi) is 3.79. The minimum Gasteiger partial charge on any atom is -0.384 e. The molecule has 3 rings (SSSR count). The molecule has 2 aromatic rings. The third-order valence-electron chi connectivity index (χ3n) is 3.83. The van der Waals surface area contributed by atoms with Gasteiger partial charge >= 0.3 is 0 Å². The highest BCUT2D eigenvalue weighted by Crippen LogP contribution is 2.22. The van der Waals surface area contributed by atoms with Crippen molar-refractivity contribution in [1.82, 2.24) is 15.0 Å². The summed E-state index contributed by atoms with van der Waals surface area (Å²) in [6.07, 6.45) is 1.77. The summed E-state index contributed by atoms with van der Waals surface area (Å²) >= 11 is 0. The zero-order valence-electron chi connectivity index (χ0n) is 12.8. The van der Waals surface area contributed by atoms with Crippen LogP contribution < -0.4 is 15.5 Å². The summed E-state index contributed by atoms with van der Waals surface area (Å²) in [5.41, 5.74) is 7.03. The van der Waals surface area contributed by atoms with Crippen molar-refractivity contribution in [1.29, 1.82) is 0 Å². The van der Waals surface area contributed by atoms with Crippen LogP contribution in [0.25, 0.3) is 0 Å². The second kappa shape index (κ2) is 5.75. The van der Waals surface area contributed by atoms with Gasteiger partial charge in [-0.2, -0.15) is 0 Å². The smallest absolute Gasteiger partial charge is 0.186 e. The summed E-state index contributed by atoms with van der Waals surface area (Å²) in [5.74, 6) is 1.18. The molecule has 6 nitrogen and oxygen atoms in total. The van der Waals surface area contributed by atoms with E-state index in [4.69, 9.17) is 5.73 Å². The van der Waals surface area contributed by atoms with Gasteiger partial charge in [0.1, 0.15) is 11.6 Å². The summed E-state index contributed by atoms with van der Waals surface area (Å²) in [6, 6.07) is 3.75. The van der Waals surface area contributed by atoms with Gasteiger partial charge in [-0.15, -0.1) is 0 Å². The first-order chi connectivity index (χ1) is 10.5. The topological polar surface area (TPSA) is 71.2 Å². The lowest BCUT2D eigenvalue weighted by Crippen LogP contribution is -2.47. The van der Waals surface area contributed by atoms with Crippen LogP contribution >= 0.6 is 0 Å². The minimum atomic E-state index is -0.326. The van der Waals surface area contributed by atoms with Gasteiger partial charge in [-0.3, -0.25) is 0 Å². The number of aromatic nitrogens is 3. The first-order valence-corrected chi connectivity index (χ1v) is 7.27. The molecule has 0 unspecified atom stereocenters. The molecule has 3 heterocycles. The lowest BCUT2D eigenvalue weighted by atomic mass is 10.2. The number of nitrogens with zero attached hydrogens (tertiary/aromatic N) is 5. The average Bonchev–Trinajstić information content (AvgIpc) is 2.52. The minimum absolute atomic E-state index is 0.326. The predicted octanol–water partition coefficient (Wildman–Crippen LogP) is 1.54. The molecule has 1 fully saturated rings. The monoisotopic (exact) mass is 302 g/mol. The molecule has 0 saturated carbocycles. The van der Waals surface area contributed by atoms with Gasteiger partial charge in [0, 0.05) is 26.2 Å². The van der Waals surface area contributed by atoms with Crippen LogP contribution in [-0.2, 0) is 0 Å². The lowest BCUT2D eigenvalue weighted by Gasteiger charge is -2.36. The quantitative estimate of drug-likeness (QED) is 0.907. The summed E-state index contributed by atoms with van der Waals surface area (Å²) in [4.78, 5) is 16.6. The first kappa shape index (κ1) is 14.5. The van der Waals surface area contributed by atoms with Gasteiger partial charge in [0.15, 0.2) is 11.6 Å². The van der Waals surface area contributed by atoms with Gasteiger partial charge < -0.3 is 15.5 Å². The Morgan fingerprint density at radius 1 is 1.05 bits per heavy atom. The Balaban J connectivity index is 1.73. The zero-order valence-corrected chi connectivity index (χ0v) is 12.8. The lowest BCUT2D eigenvalue weighted by molar-refractivity contribution is 0.571. The number of pyridine rings is 1. The second-order valence-electron chi connectivity index (χ2n) is 5.41. The maximum Gasteiger partial charge on any atom is 0.186 e. The molecule has 0 bridgehead atoms. The molecule has 0 atom stereocenters. The number of hydrogen-bond donors (Lipinski definition) is 1. The van der Waals surface area contributed by atoms with Crippen LogP contribution in [0.5, 0.6) is 0 Å². The first-order valence-electron chi connectivity index (χ1n) is 7.27. The van der Waals surface area contributed by atoms with Crippen molar-refractivity contribution in [3.8, 4) is 0 Å². The van der Waals surface area contributed by atoms with Crippen LogP contribution in [0.3, 0.4) is 0 Å². The highest BCUT2D eigenvalue weighted by molar-refractivity contribution is 5.51. The molecule has 22 heavy (non-hydrogen) atoms. The number of nitrogens with two attached hydrogens (primary N) is 1. The van der Waals surface area contributed by atoms with Crippen molar-refractivity contribution in [2.75, 3.05) is 41.7 Å². The van der Waals surface area contributed by atoms with E-state index in [9.17, 15) is 4.39 Å². The standard InChI is InChI=1S/C15H19FN6/c1-10-14(16)15(20-11(2)19-10)22-7-5-21(6-8-22)12-3-4-13(17)18-9-12/h3-4,9H,5-8H2,1-2H3,(H2,17,18). The SMILES string of the molecule is Cc1nc(C)c(F)c(N2CCN(c3ccc(N)nc3)CC2)n1. The Morgan fingerprint density at radius 3 is 2.36 bits per heavy atom. The van der Waals surface area contributed by atoms with Crippen molar-refractivity contribution in [2.45, 2.75) is 13.8 Å². The molecule has 0 aromatic carbocycles. The van der Waals surface area contributed by atoms with Crippen LogP contribution in [0.2, 0.25) is 0 Å². The largest absolute Gasteiger partial charge is 0.384 e. The summed E-state index contributed by atoms with van der Waals surface area (Å²) < 4.78 is 14.2. The van der Waals surface area contributed by atoms with Gasteiger partial charge in [-0.25, -0.2) is 19.3 Å². The Bertz CT molecular complexity index is 664. The number of piperazine rings is 1. The van der Waals surface area contributed by atoms with Crippen LogP contribution in [0, 0.1) is 19.7 Å². The van der Waals surface area contributed by atoms with Gasteiger partial charge in [0.25, 0.3) is 0 Å². The highest BCUT2D eigenvalue weighted by atomic mass is 19.1. The van der Waals surface area contributed by atoms with E-state index in [1.54, 1.807) is 26.1 Å². The Morgan fingerprint density at radius 2 is 1.73 bits per heavy atom. The zero-order chi connectivity index (χ0) is 15.7. The summed E-state index contributed by atoms with van der Waals surface area (Å²) in [7, 11) is 0. The van der Waals surface area contributed by atoms with E-state index >= 15 is 0 Å². The highest BCUT2D eigenvalue weighted by Gasteiger charge is 2.22. The Labute approximate surface area is 128 Å². The average molecular weight is 302 g/mol. The molecule has 7 heteroatoms. The molecule has 1 saturated heterocycles. The number of halogens is 1. The van der Waals surface area contributed by atoms with Crippen molar-refractivity contribution < 1.29 is 4.39 Å². The van der Waals surface area contributed by atoms with E-state index in [1.807, 2.05) is 11.0 Å². The molecule has 2 aromatic heterocycles. The molecular weight excluding hydrogens is 283 g/mol. The van der Waals surface area contributed by atoms with E-state index in [1.165, 1.54) is 0 Å². The molecule has 116 valence electrons. The number of rotatable bonds is 2. The molecule has 0 spiro atoms. The normalized spacial score (nSPS) is 15.2. The molecule has 1 aliphatic heterocycles. The van der Waals surface area contributed by atoms with Crippen molar-refractivity contribution in [3.63, 3.8) is 0 Å². The maximum atomic E-state index is 14.2. The van der Waals surface area contributed by atoms with Crippen molar-refractivity contribution >= 4 is 17.3 Å². The molecular formula is C15H19FN6. The van der Waals surface area contributed by atoms with Crippen LogP contribution in [0.15, 0.2) is 18.3 Å². The van der Waals surface area contributed by atoms with Crippen LogP contribution in [-0.4, -0.2) is 41.1 Å². The van der Waals surface area contributed by atoms with E-state index in [0.29, 0.717) is 36.2 Å². The third kappa shape index (κ3) is 2.79. The fraction of sp³-hybridized carbons (Fsp3) is 0.400.